The standard InChI is InChI=1S/C20H20F4O4/c1-5-15(25)28-10(2)16(11-6-8-13(21)17(23)19(11)26-3)12-7-9-14(22)18(24)20(12)27-4/h6-10,16H,5H2,1-4H3. The first-order chi connectivity index (χ1) is 13.3. The Balaban J connectivity index is 2.75. The Morgan fingerprint density at radius 3 is 1.68 bits per heavy atom. The van der Waals surface area contributed by atoms with Crippen LogP contribution in [-0.2, 0) is 9.53 Å². The minimum Gasteiger partial charge on any atom is -0.493 e. The number of esters is 1. The van der Waals surface area contributed by atoms with Gasteiger partial charge in [0, 0.05) is 17.5 Å². The van der Waals surface area contributed by atoms with E-state index in [4.69, 9.17) is 14.2 Å². The molecule has 0 amide bonds. The first-order valence-corrected chi connectivity index (χ1v) is 8.49. The van der Waals surface area contributed by atoms with E-state index >= 15 is 0 Å². The van der Waals surface area contributed by atoms with Crippen molar-refractivity contribution < 1.29 is 36.6 Å². The SMILES string of the molecule is CCC(=O)OC(C)C(c1ccc(F)c(F)c1OC)c1ccc(F)c(F)c1OC. The summed E-state index contributed by atoms with van der Waals surface area (Å²) in [5.41, 5.74) is 0.171. The molecule has 2 rings (SSSR count). The molecule has 0 saturated carbocycles. The predicted octanol–water partition coefficient (Wildman–Crippen LogP) is 4.73. The van der Waals surface area contributed by atoms with Crippen LogP contribution in [0.1, 0.15) is 37.3 Å². The van der Waals surface area contributed by atoms with Gasteiger partial charge in [-0.15, -0.1) is 0 Å². The van der Waals surface area contributed by atoms with Crippen LogP contribution in [0.25, 0.3) is 0 Å². The van der Waals surface area contributed by atoms with E-state index in [2.05, 4.69) is 0 Å². The molecule has 152 valence electrons. The second kappa shape index (κ2) is 8.95. The maximum absolute atomic E-state index is 14.3. The van der Waals surface area contributed by atoms with Crippen LogP contribution < -0.4 is 9.47 Å². The molecule has 0 aromatic heterocycles. The van der Waals surface area contributed by atoms with Crippen molar-refractivity contribution in [2.24, 2.45) is 0 Å². The lowest BCUT2D eigenvalue weighted by Crippen LogP contribution is -2.25. The molecule has 0 saturated heterocycles. The van der Waals surface area contributed by atoms with Crippen molar-refractivity contribution in [1.29, 1.82) is 0 Å². The van der Waals surface area contributed by atoms with Gasteiger partial charge in [0.05, 0.1) is 20.1 Å². The van der Waals surface area contributed by atoms with Crippen molar-refractivity contribution in [2.75, 3.05) is 14.2 Å². The van der Waals surface area contributed by atoms with Gasteiger partial charge in [-0.05, 0) is 19.1 Å². The van der Waals surface area contributed by atoms with Gasteiger partial charge in [0.25, 0.3) is 0 Å². The highest BCUT2D eigenvalue weighted by atomic mass is 19.2. The highest BCUT2D eigenvalue weighted by molar-refractivity contribution is 5.69. The Labute approximate surface area is 160 Å². The van der Waals surface area contributed by atoms with Gasteiger partial charge in [-0.25, -0.2) is 8.78 Å². The Hall–Kier alpha value is -2.77. The predicted molar refractivity (Wildman–Crippen MR) is 93.5 cm³/mol. The van der Waals surface area contributed by atoms with Crippen LogP contribution in [-0.4, -0.2) is 26.3 Å². The third kappa shape index (κ3) is 4.05. The summed E-state index contributed by atoms with van der Waals surface area (Å²) in [7, 11) is 2.28. The maximum Gasteiger partial charge on any atom is 0.305 e. The van der Waals surface area contributed by atoms with Crippen LogP contribution in [0.2, 0.25) is 0 Å². The van der Waals surface area contributed by atoms with Gasteiger partial charge in [0.15, 0.2) is 23.1 Å². The van der Waals surface area contributed by atoms with Crippen LogP contribution in [0.3, 0.4) is 0 Å². The number of benzene rings is 2. The minimum atomic E-state index is -1.25. The van der Waals surface area contributed by atoms with Crippen molar-refractivity contribution in [1.82, 2.24) is 0 Å². The Bertz CT molecular complexity index is 810. The third-order valence-corrected chi connectivity index (χ3v) is 4.31. The second-order valence-corrected chi connectivity index (χ2v) is 5.99. The second-order valence-electron chi connectivity index (χ2n) is 5.99. The first-order valence-electron chi connectivity index (χ1n) is 8.49. The fourth-order valence-electron chi connectivity index (χ4n) is 3.03. The molecule has 0 spiro atoms. The van der Waals surface area contributed by atoms with E-state index in [1.54, 1.807) is 6.92 Å². The van der Waals surface area contributed by atoms with E-state index < -0.39 is 52.8 Å². The summed E-state index contributed by atoms with van der Waals surface area (Å²) in [6.45, 7) is 3.08. The highest BCUT2D eigenvalue weighted by Gasteiger charge is 2.33. The fourth-order valence-corrected chi connectivity index (χ4v) is 3.03. The van der Waals surface area contributed by atoms with E-state index in [0.29, 0.717) is 0 Å². The number of methoxy groups -OCH3 is 2. The molecule has 1 atom stereocenters. The van der Waals surface area contributed by atoms with E-state index in [0.717, 1.165) is 26.4 Å². The molecule has 8 heteroatoms. The molecule has 0 radical (unpaired) electrons. The number of hydrogen-bond acceptors (Lipinski definition) is 4. The first kappa shape index (κ1) is 21.5. The van der Waals surface area contributed by atoms with Gasteiger partial charge >= 0.3 is 5.97 Å². The summed E-state index contributed by atoms with van der Waals surface area (Å²) >= 11 is 0. The van der Waals surface area contributed by atoms with E-state index in [1.165, 1.54) is 19.1 Å². The zero-order valence-corrected chi connectivity index (χ0v) is 15.8. The minimum absolute atomic E-state index is 0.0703. The number of carbonyl (C=O) groups is 1. The van der Waals surface area contributed by atoms with E-state index in [9.17, 15) is 22.4 Å². The van der Waals surface area contributed by atoms with Crippen LogP contribution in [0.15, 0.2) is 24.3 Å². The average Bonchev–Trinajstić information content (AvgIpc) is 2.67. The quantitative estimate of drug-likeness (QED) is 0.498. The monoisotopic (exact) mass is 400 g/mol. The molecule has 4 nitrogen and oxygen atoms in total. The molecule has 0 aliphatic carbocycles. The van der Waals surface area contributed by atoms with Crippen molar-refractivity contribution >= 4 is 5.97 Å². The van der Waals surface area contributed by atoms with Crippen LogP contribution >= 0.6 is 0 Å². The molecular formula is C20H20F4O4. The summed E-state index contributed by atoms with van der Waals surface area (Å²) in [6.07, 6.45) is -0.883. The Kier molecular flexibility index (Phi) is 6.88. The lowest BCUT2D eigenvalue weighted by atomic mass is 9.85. The van der Waals surface area contributed by atoms with Crippen LogP contribution in [0.4, 0.5) is 17.6 Å². The van der Waals surface area contributed by atoms with Gasteiger partial charge in [0.2, 0.25) is 11.6 Å². The van der Waals surface area contributed by atoms with Crippen LogP contribution in [0, 0.1) is 23.3 Å². The zero-order valence-electron chi connectivity index (χ0n) is 15.8. The molecule has 0 aliphatic rings. The molecule has 0 heterocycles. The molecule has 2 aromatic rings. The summed E-state index contributed by atoms with van der Waals surface area (Å²) in [5, 5.41) is 0. The van der Waals surface area contributed by atoms with Crippen molar-refractivity contribution in [2.45, 2.75) is 32.3 Å². The van der Waals surface area contributed by atoms with Gasteiger partial charge in [-0.1, -0.05) is 19.1 Å². The van der Waals surface area contributed by atoms with E-state index in [-0.39, 0.29) is 17.5 Å². The molecule has 2 aromatic carbocycles. The summed E-state index contributed by atoms with van der Waals surface area (Å²) in [5.74, 6) is -7.23. The van der Waals surface area contributed by atoms with Crippen molar-refractivity contribution in [3.63, 3.8) is 0 Å². The average molecular weight is 400 g/mol. The van der Waals surface area contributed by atoms with Gasteiger partial charge < -0.3 is 14.2 Å². The lowest BCUT2D eigenvalue weighted by Gasteiger charge is -2.28. The third-order valence-electron chi connectivity index (χ3n) is 4.31. The highest BCUT2D eigenvalue weighted by Crippen LogP contribution is 2.42. The smallest absolute Gasteiger partial charge is 0.305 e. The van der Waals surface area contributed by atoms with Gasteiger partial charge in [-0.3, -0.25) is 4.79 Å². The number of halogens is 4. The molecule has 0 aliphatic heterocycles. The van der Waals surface area contributed by atoms with E-state index in [1.807, 2.05) is 0 Å². The van der Waals surface area contributed by atoms with Crippen molar-refractivity contribution in [3.05, 3.63) is 58.7 Å². The largest absolute Gasteiger partial charge is 0.493 e. The number of ether oxygens (including phenoxy) is 3. The summed E-state index contributed by atoms with van der Waals surface area (Å²) in [6, 6.07) is 4.22. The lowest BCUT2D eigenvalue weighted by molar-refractivity contribution is -0.148. The van der Waals surface area contributed by atoms with Crippen molar-refractivity contribution in [3.8, 4) is 11.5 Å². The molecular weight excluding hydrogens is 380 g/mol. The van der Waals surface area contributed by atoms with Gasteiger partial charge in [0.1, 0.15) is 6.10 Å². The van der Waals surface area contributed by atoms with Crippen LogP contribution in [0.5, 0.6) is 11.5 Å². The molecule has 0 bridgehead atoms. The fraction of sp³-hybridized carbons (Fsp3) is 0.350. The van der Waals surface area contributed by atoms with Gasteiger partial charge in [-0.2, -0.15) is 8.78 Å². The topological polar surface area (TPSA) is 44.8 Å². The molecule has 1 unspecified atom stereocenters. The maximum atomic E-state index is 14.3. The Morgan fingerprint density at radius 2 is 1.32 bits per heavy atom. The number of carbonyl (C=O) groups excluding carboxylic acids is 1. The number of rotatable bonds is 7. The Morgan fingerprint density at radius 1 is 0.893 bits per heavy atom. The molecule has 0 fully saturated rings. The normalized spacial score (nSPS) is 12.0. The summed E-state index contributed by atoms with van der Waals surface area (Å²) in [4.78, 5) is 11.8. The molecule has 28 heavy (non-hydrogen) atoms. The summed E-state index contributed by atoms with van der Waals surface area (Å²) < 4.78 is 71.2. The number of hydrogen-bond donors (Lipinski definition) is 0. The molecule has 0 N–H and O–H groups in total. The zero-order chi connectivity index (χ0) is 21.0.